The Bertz CT molecular complexity index is 773. The molecule has 23 heavy (non-hydrogen) atoms. The van der Waals surface area contributed by atoms with Crippen LogP contribution in [0.1, 0.15) is 37.8 Å². The number of pyridine rings is 1. The average molecular weight is 333 g/mol. The lowest BCUT2D eigenvalue weighted by molar-refractivity contribution is 0.199. The van der Waals surface area contributed by atoms with E-state index in [1.54, 1.807) is 0 Å². The van der Waals surface area contributed by atoms with Crippen molar-refractivity contribution in [2.75, 3.05) is 18.8 Å². The number of hydrogen-bond acceptors (Lipinski definition) is 4. The molecule has 2 aromatic rings. The lowest BCUT2D eigenvalue weighted by atomic mass is 9.87. The summed E-state index contributed by atoms with van der Waals surface area (Å²) in [5.41, 5.74) is 1.96. The van der Waals surface area contributed by atoms with Gasteiger partial charge in [0.2, 0.25) is 0 Å². The molecule has 3 heterocycles. The van der Waals surface area contributed by atoms with Gasteiger partial charge in [-0.05, 0) is 25.0 Å². The van der Waals surface area contributed by atoms with Crippen LogP contribution in [0.2, 0.25) is 0 Å². The van der Waals surface area contributed by atoms with Crippen LogP contribution in [0.5, 0.6) is 0 Å². The van der Waals surface area contributed by atoms with E-state index in [0.29, 0.717) is 18.8 Å². The molecule has 0 N–H and O–H groups in total. The zero-order valence-corrected chi connectivity index (χ0v) is 14.1. The summed E-state index contributed by atoms with van der Waals surface area (Å²) in [6.45, 7) is 2.03. The number of imidazole rings is 1. The van der Waals surface area contributed by atoms with Gasteiger partial charge in [-0.25, -0.2) is 13.4 Å². The summed E-state index contributed by atoms with van der Waals surface area (Å²) in [5.74, 6) is 0.292. The number of rotatable bonds is 2. The predicted octanol–water partition coefficient (Wildman–Crippen LogP) is 2.27. The van der Waals surface area contributed by atoms with E-state index in [2.05, 4.69) is 9.88 Å². The normalized spacial score (nSPS) is 24.2. The lowest BCUT2D eigenvalue weighted by Gasteiger charge is -2.44. The van der Waals surface area contributed by atoms with Gasteiger partial charge in [0, 0.05) is 32.0 Å². The van der Waals surface area contributed by atoms with Crippen molar-refractivity contribution in [2.45, 2.75) is 43.4 Å². The molecule has 0 aromatic carbocycles. The summed E-state index contributed by atoms with van der Waals surface area (Å²) in [4.78, 5) is 6.93. The molecule has 0 radical (unpaired) electrons. The maximum absolute atomic E-state index is 12.7. The molecule has 1 saturated heterocycles. The van der Waals surface area contributed by atoms with Crippen LogP contribution in [0.3, 0.4) is 0 Å². The smallest absolute Gasteiger partial charge is 0.158 e. The van der Waals surface area contributed by atoms with E-state index >= 15 is 0 Å². The van der Waals surface area contributed by atoms with Crippen molar-refractivity contribution in [2.24, 2.45) is 0 Å². The zero-order valence-electron chi connectivity index (χ0n) is 13.3. The van der Waals surface area contributed by atoms with Crippen molar-refractivity contribution in [3.63, 3.8) is 0 Å². The van der Waals surface area contributed by atoms with Crippen molar-refractivity contribution in [3.05, 3.63) is 36.3 Å². The van der Waals surface area contributed by atoms with E-state index in [-0.39, 0.29) is 0 Å². The van der Waals surface area contributed by atoms with Crippen LogP contribution in [0.25, 0.3) is 5.65 Å². The first-order valence-corrected chi connectivity index (χ1v) is 10.1. The van der Waals surface area contributed by atoms with Crippen molar-refractivity contribution >= 4 is 15.5 Å². The molecule has 1 spiro atoms. The molecule has 2 aliphatic rings. The van der Waals surface area contributed by atoms with E-state index < -0.39 is 14.6 Å². The maximum Gasteiger partial charge on any atom is 0.158 e. The van der Waals surface area contributed by atoms with Crippen LogP contribution in [-0.2, 0) is 16.4 Å². The maximum atomic E-state index is 12.7. The Hall–Kier alpha value is -1.40. The van der Waals surface area contributed by atoms with Crippen molar-refractivity contribution in [1.29, 1.82) is 0 Å². The highest BCUT2D eigenvalue weighted by molar-refractivity contribution is 7.92. The van der Waals surface area contributed by atoms with E-state index in [1.807, 2.05) is 35.0 Å². The Labute approximate surface area is 137 Å². The molecule has 0 amide bonds. The van der Waals surface area contributed by atoms with Gasteiger partial charge in [0.15, 0.2) is 9.84 Å². The summed E-state index contributed by atoms with van der Waals surface area (Å²) in [7, 11) is -2.96. The zero-order chi connectivity index (χ0) is 15.9. The minimum absolute atomic E-state index is 0.292. The summed E-state index contributed by atoms with van der Waals surface area (Å²) in [6.07, 6.45) is 8.96. The molecule has 6 heteroatoms. The number of fused-ring (bicyclic) bond motifs is 1. The summed E-state index contributed by atoms with van der Waals surface area (Å²) in [6, 6.07) is 5.96. The van der Waals surface area contributed by atoms with Crippen LogP contribution in [0, 0.1) is 0 Å². The van der Waals surface area contributed by atoms with E-state index in [4.69, 9.17) is 0 Å². The predicted molar refractivity (Wildman–Crippen MR) is 90.1 cm³/mol. The fourth-order valence-corrected chi connectivity index (χ4v) is 6.36. The minimum atomic E-state index is -2.96. The first kappa shape index (κ1) is 15.1. The SMILES string of the molecule is O=S1(=O)CCN(Cc2cn3ccccc3n2)CC12CCCCC2. The van der Waals surface area contributed by atoms with Crippen molar-refractivity contribution < 1.29 is 8.42 Å². The number of nitrogens with zero attached hydrogens (tertiary/aromatic N) is 3. The van der Waals surface area contributed by atoms with Crippen LogP contribution in [-0.4, -0.2) is 46.3 Å². The van der Waals surface area contributed by atoms with Crippen LogP contribution in [0.4, 0.5) is 0 Å². The Morgan fingerprint density at radius 1 is 1.17 bits per heavy atom. The fraction of sp³-hybridized carbons (Fsp3) is 0.588. The van der Waals surface area contributed by atoms with Crippen LogP contribution >= 0.6 is 0 Å². The van der Waals surface area contributed by atoms with Gasteiger partial charge in [-0.15, -0.1) is 0 Å². The molecule has 0 atom stereocenters. The molecule has 5 nitrogen and oxygen atoms in total. The molecule has 2 fully saturated rings. The van der Waals surface area contributed by atoms with Crippen molar-refractivity contribution in [1.82, 2.24) is 14.3 Å². The van der Waals surface area contributed by atoms with Gasteiger partial charge >= 0.3 is 0 Å². The van der Waals surface area contributed by atoms with Crippen molar-refractivity contribution in [3.8, 4) is 0 Å². The molecule has 0 bridgehead atoms. The van der Waals surface area contributed by atoms with Crippen LogP contribution < -0.4 is 0 Å². The highest BCUT2D eigenvalue weighted by Gasteiger charge is 2.48. The summed E-state index contributed by atoms with van der Waals surface area (Å²) < 4.78 is 26.8. The molecule has 0 unspecified atom stereocenters. The van der Waals surface area contributed by atoms with E-state index in [0.717, 1.165) is 43.6 Å². The molecular weight excluding hydrogens is 310 g/mol. The topological polar surface area (TPSA) is 54.7 Å². The van der Waals surface area contributed by atoms with Gasteiger partial charge in [0.25, 0.3) is 0 Å². The van der Waals surface area contributed by atoms with E-state index in [9.17, 15) is 8.42 Å². The molecule has 1 aliphatic heterocycles. The lowest BCUT2D eigenvalue weighted by Crippen LogP contribution is -2.56. The highest BCUT2D eigenvalue weighted by atomic mass is 32.2. The fourth-order valence-electron chi connectivity index (χ4n) is 4.14. The monoisotopic (exact) mass is 333 g/mol. The molecule has 1 saturated carbocycles. The Morgan fingerprint density at radius 3 is 2.78 bits per heavy atom. The molecule has 4 rings (SSSR count). The second-order valence-electron chi connectivity index (χ2n) is 6.97. The van der Waals surface area contributed by atoms with Gasteiger partial charge in [-0.3, -0.25) is 4.90 Å². The van der Waals surface area contributed by atoms with Gasteiger partial charge in [-0.2, -0.15) is 0 Å². The third-order valence-corrected chi connectivity index (χ3v) is 7.99. The Morgan fingerprint density at radius 2 is 2.00 bits per heavy atom. The second kappa shape index (κ2) is 5.60. The van der Waals surface area contributed by atoms with E-state index in [1.165, 1.54) is 6.42 Å². The molecule has 2 aromatic heterocycles. The highest BCUT2D eigenvalue weighted by Crippen LogP contribution is 2.39. The quantitative estimate of drug-likeness (QED) is 0.846. The standard InChI is InChI=1S/C17H23N3O2S/c21-23(22)11-10-19(14-17(23)7-3-1-4-8-17)12-15-13-20-9-5-2-6-16(20)18-15/h2,5-6,9,13H,1,3-4,7-8,10-12,14H2. The van der Waals surface area contributed by atoms with Gasteiger partial charge in [0.1, 0.15) is 5.65 Å². The number of sulfone groups is 1. The largest absolute Gasteiger partial charge is 0.307 e. The molecule has 1 aliphatic carbocycles. The number of hydrogen-bond donors (Lipinski definition) is 0. The molecule has 124 valence electrons. The third-order valence-electron chi connectivity index (χ3n) is 5.41. The van der Waals surface area contributed by atoms with Crippen LogP contribution in [0.15, 0.2) is 30.6 Å². The minimum Gasteiger partial charge on any atom is -0.307 e. The van der Waals surface area contributed by atoms with Gasteiger partial charge in [-0.1, -0.05) is 25.3 Å². The first-order chi connectivity index (χ1) is 11.1. The second-order valence-corrected chi connectivity index (χ2v) is 9.48. The number of aromatic nitrogens is 2. The third kappa shape index (κ3) is 2.68. The Kier molecular flexibility index (Phi) is 3.69. The summed E-state index contributed by atoms with van der Waals surface area (Å²) >= 11 is 0. The average Bonchev–Trinajstić information content (AvgIpc) is 2.94. The van der Waals surface area contributed by atoms with Gasteiger partial charge in [0.05, 0.1) is 16.2 Å². The molecular formula is C17H23N3O2S. The Balaban J connectivity index is 1.55. The first-order valence-electron chi connectivity index (χ1n) is 8.45. The van der Waals surface area contributed by atoms with Gasteiger partial charge < -0.3 is 4.40 Å². The summed E-state index contributed by atoms with van der Waals surface area (Å²) in [5, 5.41) is 0.